The molecule has 0 unspecified atom stereocenters. The van der Waals surface area contributed by atoms with Gasteiger partial charge in [0.05, 0.1) is 29.7 Å². The summed E-state index contributed by atoms with van der Waals surface area (Å²) in [5.41, 5.74) is 5.26. The van der Waals surface area contributed by atoms with Crippen LogP contribution >= 0.6 is 0 Å². The molecular formula is C61H82N4O5. The third kappa shape index (κ3) is 12.5. The maximum atomic E-state index is 13.5. The van der Waals surface area contributed by atoms with Gasteiger partial charge in [-0.25, -0.2) is 14.3 Å². The largest absolute Gasteiger partial charge is 0.494 e. The van der Waals surface area contributed by atoms with Gasteiger partial charge in [0.15, 0.2) is 5.69 Å². The number of unbranched alkanes of at least 4 members (excludes halogenated alkanes) is 8. The molecule has 376 valence electrons. The Kier molecular flexibility index (Phi) is 17.5. The minimum atomic E-state index is -0.420. The van der Waals surface area contributed by atoms with E-state index in [1.54, 1.807) is 41.4 Å². The molecule has 0 radical (unpaired) electrons. The van der Waals surface area contributed by atoms with Gasteiger partial charge < -0.3 is 14.2 Å². The van der Waals surface area contributed by atoms with Gasteiger partial charge in [-0.05, 0) is 176 Å². The third-order valence-corrected chi connectivity index (χ3v) is 17.4. The van der Waals surface area contributed by atoms with Crippen LogP contribution in [0.2, 0.25) is 0 Å². The Hall–Kier alpha value is -5.05. The number of esters is 2. The minimum absolute atomic E-state index is 0.143. The van der Waals surface area contributed by atoms with Crippen LogP contribution in [0.5, 0.6) is 11.5 Å². The van der Waals surface area contributed by atoms with Gasteiger partial charge in [-0.1, -0.05) is 129 Å². The number of carbonyl (C=O) groups excluding carboxylic acids is 2. The maximum absolute atomic E-state index is 13.5. The van der Waals surface area contributed by atoms with Crippen molar-refractivity contribution < 1.29 is 23.8 Å². The second kappa shape index (κ2) is 23.9. The van der Waals surface area contributed by atoms with E-state index < -0.39 is 11.9 Å². The maximum Gasteiger partial charge on any atom is 0.360 e. The number of carbonyl (C=O) groups is 2. The highest BCUT2D eigenvalue weighted by atomic mass is 16.5. The van der Waals surface area contributed by atoms with Crippen LogP contribution in [0.1, 0.15) is 196 Å². The highest BCUT2D eigenvalue weighted by molar-refractivity contribution is 5.91. The van der Waals surface area contributed by atoms with E-state index in [0.717, 1.165) is 83.9 Å². The summed E-state index contributed by atoms with van der Waals surface area (Å²) < 4.78 is 19.3. The van der Waals surface area contributed by atoms with E-state index >= 15 is 0 Å². The summed E-state index contributed by atoms with van der Waals surface area (Å²) in [6, 6.07) is 22.0. The smallest absolute Gasteiger partial charge is 0.360 e. The van der Waals surface area contributed by atoms with Crippen molar-refractivity contribution in [1.82, 2.24) is 15.0 Å². The Morgan fingerprint density at radius 3 is 2.21 bits per heavy atom. The van der Waals surface area contributed by atoms with Gasteiger partial charge in [0.2, 0.25) is 0 Å². The first kappa shape index (κ1) is 51.3. The average molecular weight is 951 g/mol. The first-order chi connectivity index (χ1) is 33.9. The number of allylic oxidation sites excluding steroid dienone is 1. The molecule has 0 aliphatic heterocycles. The van der Waals surface area contributed by atoms with E-state index in [9.17, 15) is 9.59 Å². The van der Waals surface area contributed by atoms with Gasteiger partial charge in [0.1, 0.15) is 17.6 Å². The minimum Gasteiger partial charge on any atom is -0.494 e. The summed E-state index contributed by atoms with van der Waals surface area (Å²) in [5, 5.41) is 8.48. The molecule has 8 atom stereocenters. The number of benzene rings is 3. The topological polar surface area (TPSA) is 105 Å². The van der Waals surface area contributed by atoms with E-state index in [1.165, 1.54) is 108 Å². The third-order valence-electron chi connectivity index (χ3n) is 17.4. The van der Waals surface area contributed by atoms with Crippen LogP contribution in [0.25, 0.3) is 5.69 Å². The van der Waals surface area contributed by atoms with Gasteiger partial charge in [-0.2, -0.15) is 0 Å². The van der Waals surface area contributed by atoms with Crippen LogP contribution in [-0.2, 0) is 4.74 Å². The van der Waals surface area contributed by atoms with Crippen LogP contribution in [0.15, 0.2) is 95.6 Å². The van der Waals surface area contributed by atoms with Crippen LogP contribution in [0.3, 0.4) is 0 Å². The van der Waals surface area contributed by atoms with E-state index in [-0.39, 0.29) is 17.2 Å². The summed E-state index contributed by atoms with van der Waals surface area (Å²) in [7, 11) is 0. The number of rotatable bonds is 23. The zero-order valence-corrected chi connectivity index (χ0v) is 43.4. The Balaban J connectivity index is 0.764. The molecule has 4 aliphatic carbocycles. The molecule has 8 rings (SSSR count). The van der Waals surface area contributed by atoms with E-state index in [2.05, 4.69) is 62.9 Å². The molecule has 1 heterocycles. The lowest BCUT2D eigenvalue weighted by atomic mass is 9.47. The zero-order chi connectivity index (χ0) is 49.1. The molecular weight excluding hydrogens is 869 g/mol. The standard InChI is InChI=1S/C61H82N4O5/c1-7-8-9-10-11-12-13-14-15-39-68-50-30-21-46(22-31-50)58(66)69-51-28-19-45(20-29-51)41-62-48-24-26-49(27-25-48)65-42-57(63-64-65)59(67)70-52-35-37-60(5)47(40-52)23-32-53-55-34-33-54(44(4)18-16-17-43(2)3)61(55,6)38-36-56(53)60/h19-31,41-44,52-56H,7-18,32-40H2,1-6H3/t44-,52+,53+,54-,55+,56+,60+,61-/m1/s1. The van der Waals surface area contributed by atoms with E-state index in [4.69, 9.17) is 14.2 Å². The number of ether oxygens (including phenoxy) is 3. The lowest BCUT2D eigenvalue weighted by Crippen LogP contribution is -2.51. The summed E-state index contributed by atoms with van der Waals surface area (Å²) >= 11 is 0. The monoisotopic (exact) mass is 951 g/mol. The quantitative estimate of drug-likeness (QED) is 0.0240. The molecule has 4 aliphatic rings. The van der Waals surface area contributed by atoms with Gasteiger partial charge in [0, 0.05) is 12.6 Å². The molecule has 0 N–H and O–H groups in total. The fourth-order valence-electron chi connectivity index (χ4n) is 13.4. The molecule has 3 saturated carbocycles. The van der Waals surface area contributed by atoms with Gasteiger partial charge in [-0.15, -0.1) is 5.10 Å². The fourth-order valence-corrected chi connectivity index (χ4v) is 13.4. The van der Waals surface area contributed by atoms with Crippen molar-refractivity contribution >= 4 is 23.8 Å². The number of hydrogen-bond donors (Lipinski definition) is 0. The van der Waals surface area contributed by atoms with E-state index in [1.807, 2.05) is 48.5 Å². The molecule has 4 aromatic rings. The van der Waals surface area contributed by atoms with Gasteiger partial charge in [-0.3, -0.25) is 4.99 Å². The Labute approximate surface area is 419 Å². The second-order valence-electron chi connectivity index (χ2n) is 22.5. The van der Waals surface area contributed by atoms with Crippen molar-refractivity contribution in [3.8, 4) is 17.2 Å². The lowest BCUT2D eigenvalue weighted by Gasteiger charge is -2.58. The molecule has 0 spiro atoms. The molecule has 3 aromatic carbocycles. The van der Waals surface area contributed by atoms with Crippen LogP contribution < -0.4 is 9.47 Å². The van der Waals surface area contributed by atoms with E-state index in [0.29, 0.717) is 23.3 Å². The van der Waals surface area contributed by atoms with Crippen LogP contribution in [0.4, 0.5) is 5.69 Å². The SMILES string of the molecule is CCCCCCCCCCCOc1ccc(C(=O)Oc2ccc(C=Nc3ccc(-n4cc(C(=O)O[C@H]5CC[C@@]6(C)C(=CC[C@H]7[C@@H]8CC[C@H]([C@H](C)CCCC(C)C)[C@@]8(C)CC[C@@H]76)C5)nn4)cc3)cc2)cc1. The first-order valence-corrected chi connectivity index (χ1v) is 27.5. The summed E-state index contributed by atoms with van der Waals surface area (Å²) in [5.74, 6) is 5.21. The van der Waals surface area contributed by atoms with Crippen molar-refractivity contribution in [1.29, 1.82) is 0 Å². The summed E-state index contributed by atoms with van der Waals surface area (Å²) in [4.78, 5) is 31.0. The van der Waals surface area contributed by atoms with Crippen molar-refractivity contribution in [2.24, 2.45) is 51.3 Å². The highest BCUT2D eigenvalue weighted by Crippen LogP contribution is 2.67. The van der Waals surface area contributed by atoms with Crippen molar-refractivity contribution in [2.75, 3.05) is 6.61 Å². The predicted octanol–water partition coefficient (Wildman–Crippen LogP) is 15.7. The number of aromatic nitrogens is 3. The van der Waals surface area contributed by atoms with Gasteiger partial charge >= 0.3 is 11.9 Å². The Morgan fingerprint density at radius 1 is 0.771 bits per heavy atom. The average Bonchev–Trinajstić information content (AvgIpc) is 4.00. The predicted molar refractivity (Wildman–Crippen MR) is 281 cm³/mol. The molecule has 9 heteroatoms. The van der Waals surface area contributed by atoms with Crippen LogP contribution in [0, 0.1) is 46.3 Å². The number of aliphatic imine (C=N–C) groups is 1. The molecule has 9 nitrogen and oxygen atoms in total. The van der Waals surface area contributed by atoms with Crippen molar-refractivity contribution in [3.05, 3.63) is 107 Å². The van der Waals surface area contributed by atoms with Gasteiger partial charge in [0.25, 0.3) is 0 Å². The summed E-state index contributed by atoms with van der Waals surface area (Å²) in [6.45, 7) is 15.4. The summed E-state index contributed by atoms with van der Waals surface area (Å²) in [6.07, 6.45) is 30.9. The molecule has 0 saturated heterocycles. The molecule has 3 fully saturated rings. The second-order valence-corrected chi connectivity index (χ2v) is 22.5. The fraction of sp³-hybridized carbons (Fsp3) is 0.590. The Bertz CT molecular complexity index is 2370. The normalized spacial score (nSPS) is 25.5. The van der Waals surface area contributed by atoms with Crippen LogP contribution in [-0.4, -0.2) is 45.9 Å². The lowest BCUT2D eigenvalue weighted by molar-refractivity contribution is -0.0595. The van der Waals surface area contributed by atoms with Crippen molar-refractivity contribution in [3.63, 3.8) is 0 Å². The number of fused-ring (bicyclic) bond motifs is 5. The first-order valence-electron chi connectivity index (χ1n) is 27.5. The molecule has 0 bridgehead atoms. The molecule has 70 heavy (non-hydrogen) atoms. The Morgan fingerprint density at radius 2 is 1.49 bits per heavy atom. The molecule has 1 aromatic heterocycles. The van der Waals surface area contributed by atoms with Crippen molar-refractivity contribution in [2.45, 2.75) is 176 Å². The molecule has 0 amide bonds. The zero-order valence-electron chi connectivity index (χ0n) is 43.4. The number of hydrogen-bond acceptors (Lipinski definition) is 8. The number of nitrogens with zero attached hydrogens (tertiary/aromatic N) is 4. The highest BCUT2D eigenvalue weighted by Gasteiger charge is 2.59.